The molecular weight excluding hydrogens is 294 g/mol. The van der Waals surface area contributed by atoms with Gasteiger partial charge in [0.05, 0.1) is 17.1 Å². The molecule has 0 radical (unpaired) electrons. The monoisotopic (exact) mass is 309 g/mol. The molecule has 2 aromatic carbocycles. The number of nitrogens with zero attached hydrogens (tertiary/aromatic N) is 3. The number of hydrogen-bond acceptors (Lipinski definition) is 2. The van der Waals surface area contributed by atoms with Crippen LogP contribution < -0.4 is 0 Å². The summed E-state index contributed by atoms with van der Waals surface area (Å²) in [4.78, 5) is 4.31. The molecule has 0 saturated carbocycles. The molecule has 24 heavy (non-hydrogen) atoms. The molecule has 1 aliphatic carbocycles. The molecule has 2 aromatic heterocycles. The molecule has 0 atom stereocenters. The maximum atomic E-state index is 4.97. The minimum Gasteiger partial charge on any atom is -0.264 e. The van der Waals surface area contributed by atoms with Gasteiger partial charge in [-0.15, -0.1) is 0 Å². The SMILES string of the molecule is c1ccc(-n2nc3c(c2-c2cccnc2)Cc2ccccc2-3)cc1. The summed E-state index contributed by atoms with van der Waals surface area (Å²) in [7, 11) is 0. The number of para-hydroxylation sites is 1. The quantitative estimate of drug-likeness (QED) is 0.480. The van der Waals surface area contributed by atoms with Gasteiger partial charge in [0, 0.05) is 35.5 Å². The van der Waals surface area contributed by atoms with Crippen LogP contribution in [0.4, 0.5) is 0 Å². The molecule has 0 saturated heterocycles. The second-order valence-corrected chi connectivity index (χ2v) is 6.00. The topological polar surface area (TPSA) is 30.7 Å². The Morgan fingerprint density at radius 2 is 1.67 bits per heavy atom. The van der Waals surface area contributed by atoms with Crippen LogP contribution in [-0.4, -0.2) is 14.8 Å². The van der Waals surface area contributed by atoms with Crippen molar-refractivity contribution in [1.29, 1.82) is 0 Å². The highest BCUT2D eigenvalue weighted by atomic mass is 15.3. The van der Waals surface area contributed by atoms with Crippen molar-refractivity contribution in [3.05, 3.63) is 90.3 Å². The van der Waals surface area contributed by atoms with E-state index in [0.717, 1.165) is 29.1 Å². The molecule has 2 heterocycles. The van der Waals surface area contributed by atoms with Gasteiger partial charge in [-0.3, -0.25) is 4.98 Å². The third-order valence-electron chi connectivity index (χ3n) is 4.56. The van der Waals surface area contributed by atoms with Crippen LogP contribution in [0.1, 0.15) is 11.1 Å². The van der Waals surface area contributed by atoms with Crippen molar-refractivity contribution < 1.29 is 0 Å². The summed E-state index contributed by atoms with van der Waals surface area (Å²) in [5.41, 5.74) is 8.28. The predicted octanol–water partition coefficient (Wildman–Crippen LogP) is 4.51. The number of hydrogen-bond donors (Lipinski definition) is 0. The Kier molecular flexibility index (Phi) is 2.85. The van der Waals surface area contributed by atoms with Crippen LogP contribution in [0.2, 0.25) is 0 Å². The molecule has 4 aromatic rings. The zero-order chi connectivity index (χ0) is 15.9. The van der Waals surface area contributed by atoms with E-state index in [2.05, 4.69) is 52.1 Å². The van der Waals surface area contributed by atoms with Gasteiger partial charge >= 0.3 is 0 Å². The molecule has 0 fully saturated rings. The first-order valence-electron chi connectivity index (χ1n) is 8.08. The van der Waals surface area contributed by atoms with Crippen LogP contribution in [0, 0.1) is 0 Å². The highest BCUT2D eigenvalue weighted by Crippen LogP contribution is 2.41. The van der Waals surface area contributed by atoms with Crippen molar-refractivity contribution in [3.63, 3.8) is 0 Å². The molecule has 0 aliphatic heterocycles. The second kappa shape index (κ2) is 5.17. The first kappa shape index (κ1) is 13.3. The third-order valence-corrected chi connectivity index (χ3v) is 4.56. The molecule has 5 rings (SSSR count). The van der Waals surface area contributed by atoms with E-state index in [1.54, 1.807) is 0 Å². The Labute approximate surface area is 140 Å². The summed E-state index contributed by atoms with van der Waals surface area (Å²) in [5.74, 6) is 0. The molecule has 0 unspecified atom stereocenters. The molecule has 3 nitrogen and oxygen atoms in total. The molecule has 0 N–H and O–H groups in total. The number of benzene rings is 2. The van der Waals surface area contributed by atoms with Crippen molar-refractivity contribution in [2.45, 2.75) is 6.42 Å². The molecular formula is C21H15N3. The lowest BCUT2D eigenvalue weighted by atomic mass is 10.1. The normalized spacial score (nSPS) is 12.0. The number of rotatable bonds is 2. The van der Waals surface area contributed by atoms with Crippen LogP contribution in [-0.2, 0) is 6.42 Å². The summed E-state index contributed by atoms with van der Waals surface area (Å²) in [6.07, 6.45) is 4.64. The number of aromatic nitrogens is 3. The van der Waals surface area contributed by atoms with Gasteiger partial charge in [-0.2, -0.15) is 5.10 Å². The van der Waals surface area contributed by atoms with Gasteiger partial charge in [0.15, 0.2) is 0 Å². The van der Waals surface area contributed by atoms with Crippen molar-refractivity contribution >= 4 is 0 Å². The molecule has 0 spiro atoms. The Balaban J connectivity index is 1.81. The van der Waals surface area contributed by atoms with Crippen LogP contribution >= 0.6 is 0 Å². The maximum Gasteiger partial charge on any atom is 0.0972 e. The van der Waals surface area contributed by atoms with Crippen molar-refractivity contribution in [2.24, 2.45) is 0 Å². The van der Waals surface area contributed by atoms with E-state index >= 15 is 0 Å². The lowest BCUT2D eigenvalue weighted by Gasteiger charge is -2.09. The molecule has 0 amide bonds. The van der Waals surface area contributed by atoms with Crippen LogP contribution in [0.15, 0.2) is 79.1 Å². The first-order valence-corrected chi connectivity index (χ1v) is 8.08. The Bertz CT molecular complexity index is 1020. The van der Waals surface area contributed by atoms with Gasteiger partial charge in [-0.1, -0.05) is 42.5 Å². The fourth-order valence-electron chi connectivity index (χ4n) is 3.49. The molecule has 3 heteroatoms. The number of pyridine rings is 1. The fraction of sp³-hybridized carbons (Fsp3) is 0.0476. The Morgan fingerprint density at radius 3 is 2.50 bits per heavy atom. The molecule has 0 bridgehead atoms. The van der Waals surface area contributed by atoms with E-state index in [9.17, 15) is 0 Å². The lowest BCUT2D eigenvalue weighted by molar-refractivity contribution is 0.888. The standard InChI is InChI=1S/C21H15N3/c1-2-9-17(10-3-1)24-21(16-8-6-12-22-14-16)19-13-15-7-4-5-11-18(15)20(19)23-24/h1-12,14H,13H2. The largest absolute Gasteiger partial charge is 0.264 e. The van der Waals surface area contributed by atoms with E-state index in [1.165, 1.54) is 16.7 Å². The van der Waals surface area contributed by atoms with E-state index in [1.807, 2.05) is 36.7 Å². The summed E-state index contributed by atoms with van der Waals surface area (Å²) in [6, 6.07) is 22.9. The van der Waals surface area contributed by atoms with Crippen molar-refractivity contribution in [1.82, 2.24) is 14.8 Å². The second-order valence-electron chi connectivity index (χ2n) is 6.00. The fourth-order valence-corrected chi connectivity index (χ4v) is 3.49. The highest BCUT2D eigenvalue weighted by Gasteiger charge is 2.28. The Morgan fingerprint density at radius 1 is 0.833 bits per heavy atom. The van der Waals surface area contributed by atoms with Gasteiger partial charge < -0.3 is 0 Å². The average molecular weight is 309 g/mol. The third kappa shape index (κ3) is 1.91. The van der Waals surface area contributed by atoms with Crippen LogP contribution in [0.25, 0.3) is 28.2 Å². The van der Waals surface area contributed by atoms with E-state index < -0.39 is 0 Å². The summed E-state index contributed by atoms with van der Waals surface area (Å²) in [5, 5.41) is 4.97. The van der Waals surface area contributed by atoms with Gasteiger partial charge in [-0.25, -0.2) is 4.68 Å². The van der Waals surface area contributed by atoms with Crippen LogP contribution in [0.3, 0.4) is 0 Å². The minimum absolute atomic E-state index is 0.919. The van der Waals surface area contributed by atoms with Gasteiger partial charge in [0.1, 0.15) is 0 Å². The molecule has 114 valence electrons. The van der Waals surface area contributed by atoms with Crippen LogP contribution in [0.5, 0.6) is 0 Å². The zero-order valence-electron chi connectivity index (χ0n) is 13.1. The summed E-state index contributed by atoms with van der Waals surface area (Å²) in [6.45, 7) is 0. The van der Waals surface area contributed by atoms with Gasteiger partial charge in [0.2, 0.25) is 0 Å². The smallest absolute Gasteiger partial charge is 0.0972 e. The lowest BCUT2D eigenvalue weighted by Crippen LogP contribution is -2.01. The van der Waals surface area contributed by atoms with Gasteiger partial charge in [0.25, 0.3) is 0 Å². The first-order chi connectivity index (χ1) is 11.9. The summed E-state index contributed by atoms with van der Waals surface area (Å²) >= 11 is 0. The van der Waals surface area contributed by atoms with E-state index in [-0.39, 0.29) is 0 Å². The zero-order valence-corrected chi connectivity index (χ0v) is 13.1. The minimum atomic E-state index is 0.919. The molecule has 1 aliphatic rings. The van der Waals surface area contributed by atoms with E-state index in [4.69, 9.17) is 5.10 Å². The van der Waals surface area contributed by atoms with Crippen molar-refractivity contribution in [2.75, 3.05) is 0 Å². The van der Waals surface area contributed by atoms with Gasteiger partial charge in [-0.05, 0) is 29.8 Å². The Hall–Kier alpha value is -3.20. The summed E-state index contributed by atoms with van der Waals surface area (Å²) < 4.78 is 2.05. The van der Waals surface area contributed by atoms with E-state index in [0.29, 0.717) is 0 Å². The highest BCUT2D eigenvalue weighted by molar-refractivity contribution is 5.82. The maximum absolute atomic E-state index is 4.97. The predicted molar refractivity (Wildman–Crippen MR) is 95.0 cm³/mol. The number of fused-ring (bicyclic) bond motifs is 3. The average Bonchev–Trinajstić information content (AvgIpc) is 3.19. The van der Waals surface area contributed by atoms with Crippen molar-refractivity contribution in [3.8, 4) is 28.2 Å².